The summed E-state index contributed by atoms with van der Waals surface area (Å²) in [6.07, 6.45) is 2.09. The zero-order valence-electron chi connectivity index (χ0n) is 13.6. The van der Waals surface area contributed by atoms with Gasteiger partial charge in [0.1, 0.15) is 0 Å². The standard InChI is InChI=1S/C20H23NO/c1-15-8-4-5-9-16(15)12-13-20(2)14-21(3)19(22)17-10-6-7-11-18(17)20/h4-11H,12-14H2,1-3H3. The van der Waals surface area contributed by atoms with Crippen LogP contribution >= 0.6 is 0 Å². The Morgan fingerprint density at radius 2 is 1.77 bits per heavy atom. The fourth-order valence-electron chi connectivity index (χ4n) is 3.60. The summed E-state index contributed by atoms with van der Waals surface area (Å²) in [6.45, 7) is 5.24. The van der Waals surface area contributed by atoms with Gasteiger partial charge in [-0.3, -0.25) is 4.79 Å². The smallest absolute Gasteiger partial charge is 0.253 e. The van der Waals surface area contributed by atoms with Gasteiger partial charge in [-0.1, -0.05) is 49.4 Å². The maximum atomic E-state index is 12.4. The van der Waals surface area contributed by atoms with Crippen molar-refractivity contribution >= 4 is 5.91 Å². The van der Waals surface area contributed by atoms with E-state index in [-0.39, 0.29) is 11.3 Å². The van der Waals surface area contributed by atoms with Crippen molar-refractivity contribution in [2.75, 3.05) is 13.6 Å². The number of nitrogens with zero attached hydrogens (tertiary/aromatic N) is 1. The molecule has 0 bridgehead atoms. The van der Waals surface area contributed by atoms with Gasteiger partial charge in [-0.25, -0.2) is 0 Å². The molecule has 1 amide bonds. The number of aryl methyl sites for hydroxylation is 2. The average Bonchev–Trinajstić information content (AvgIpc) is 2.52. The Morgan fingerprint density at radius 3 is 2.55 bits per heavy atom. The van der Waals surface area contributed by atoms with Crippen molar-refractivity contribution in [3.8, 4) is 0 Å². The number of likely N-dealkylation sites (N-methyl/N-ethyl adjacent to an activating group) is 1. The second-order valence-corrected chi connectivity index (χ2v) is 6.69. The zero-order chi connectivity index (χ0) is 15.7. The van der Waals surface area contributed by atoms with E-state index in [0.717, 1.165) is 24.9 Å². The van der Waals surface area contributed by atoms with Crippen LogP contribution in [0, 0.1) is 6.92 Å². The average molecular weight is 293 g/mol. The molecule has 1 aliphatic heterocycles. The molecular weight excluding hydrogens is 270 g/mol. The Kier molecular flexibility index (Phi) is 3.78. The van der Waals surface area contributed by atoms with Gasteiger partial charge in [-0.15, -0.1) is 0 Å². The lowest BCUT2D eigenvalue weighted by Crippen LogP contribution is -2.46. The van der Waals surface area contributed by atoms with Crippen LogP contribution in [0.15, 0.2) is 48.5 Å². The van der Waals surface area contributed by atoms with E-state index in [1.54, 1.807) is 0 Å². The largest absolute Gasteiger partial charge is 0.341 e. The molecule has 0 radical (unpaired) electrons. The second kappa shape index (κ2) is 5.60. The van der Waals surface area contributed by atoms with Crippen molar-refractivity contribution in [3.63, 3.8) is 0 Å². The highest BCUT2D eigenvalue weighted by molar-refractivity contribution is 5.97. The topological polar surface area (TPSA) is 20.3 Å². The predicted molar refractivity (Wildman–Crippen MR) is 90.3 cm³/mol. The first-order valence-electron chi connectivity index (χ1n) is 7.91. The van der Waals surface area contributed by atoms with Gasteiger partial charge >= 0.3 is 0 Å². The molecule has 1 unspecified atom stereocenters. The van der Waals surface area contributed by atoms with E-state index in [9.17, 15) is 4.79 Å². The molecule has 22 heavy (non-hydrogen) atoms. The fourth-order valence-corrected chi connectivity index (χ4v) is 3.60. The summed E-state index contributed by atoms with van der Waals surface area (Å²) in [4.78, 5) is 14.2. The number of benzene rings is 2. The Bertz CT molecular complexity index is 706. The van der Waals surface area contributed by atoms with Crippen LogP contribution in [0.5, 0.6) is 0 Å². The molecule has 3 rings (SSSR count). The monoisotopic (exact) mass is 293 g/mol. The molecule has 0 aromatic heterocycles. The van der Waals surface area contributed by atoms with Gasteiger partial charge < -0.3 is 4.90 Å². The number of carbonyl (C=O) groups is 1. The van der Waals surface area contributed by atoms with Gasteiger partial charge in [-0.05, 0) is 42.5 Å². The Balaban J connectivity index is 1.91. The van der Waals surface area contributed by atoms with Gasteiger partial charge in [0.2, 0.25) is 0 Å². The third-order valence-corrected chi connectivity index (χ3v) is 4.95. The third-order valence-electron chi connectivity index (χ3n) is 4.95. The van der Waals surface area contributed by atoms with Crippen LogP contribution in [0.25, 0.3) is 0 Å². The summed E-state index contributed by atoms with van der Waals surface area (Å²) in [5, 5.41) is 0. The van der Waals surface area contributed by atoms with Crippen LogP contribution in [0.4, 0.5) is 0 Å². The Labute approximate surface area is 132 Å². The molecule has 2 aromatic carbocycles. The van der Waals surface area contributed by atoms with Gasteiger partial charge in [-0.2, -0.15) is 0 Å². The van der Waals surface area contributed by atoms with E-state index >= 15 is 0 Å². The minimum Gasteiger partial charge on any atom is -0.341 e. The summed E-state index contributed by atoms with van der Waals surface area (Å²) < 4.78 is 0. The lowest BCUT2D eigenvalue weighted by molar-refractivity contribution is 0.0725. The highest BCUT2D eigenvalue weighted by Crippen LogP contribution is 2.36. The highest BCUT2D eigenvalue weighted by Gasteiger charge is 2.37. The number of fused-ring (bicyclic) bond motifs is 1. The molecule has 0 saturated carbocycles. The maximum absolute atomic E-state index is 12.4. The lowest BCUT2D eigenvalue weighted by atomic mass is 9.73. The summed E-state index contributed by atoms with van der Waals surface area (Å²) in [6, 6.07) is 16.7. The molecule has 0 spiro atoms. The van der Waals surface area contributed by atoms with Gasteiger partial charge in [0.15, 0.2) is 0 Å². The number of hydrogen-bond acceptors (Lipinski definition) is 1. The van der Waals surface area contributed by atoms with E-state index < -0.39 is 0 Å². The van der Waals surface area contributed by atoms with Crippen LogP contribution in [0.3, 0.4) is 0 Å². The Morgan fingerprint density at radius 1 is 1.09 bits per heavy atom. The van der Waals surface area contributed by atoms with Crippen molar-refractivity contribution in [1.29, 1.82) is 0 Å². The van der Waals surface area contributed by atoms with Crippen LogP contribution in [-0.4, -0.2) is 24.4 Å². The molecule has 1 heterocycles. The molecule has 114 valence electrons. The van der Waals surface area contributed by atoms with E-state index in [0.29, 0.717) is 0 Å². The third kappa shape index (κ3) is 2.54. The molecule has 0 aliphatic carbocycles. The predicted octanol–water partition coefficient (Wildman–Crippen LogP) is 3.97. The Hall–Kier alpha value is -2.09. The summed E-state index contributed by atoms with van der Waals surface area (Å²) in [5.41, 5.74) is 4.83. The van der Waals surface area contributed by atoms with Crippen LogP contribution in [-0.2, 0) is 11.8 Å². The van der Waals surface area contributed by atoms with E-state index in [4.69, 9.17) is 0 Å². The zero-order valence-corrected chi connectivity index (χ0v) is 13.6. The minimum atomic E-state index is 0.0154. The number of rotatable bonds is 3. The van der Waals surface area contributed by atoms with Crippen molar-refractivity contribution in [1.82, 2.24) is 4.90 Å². The fraction of sp³-hybridized carbons (Fsp3) is 0.350. The minimum absolute atomic E-state index is 0.0154. The van der Waals surface area contributed by atoms with Gasteiger partial charge in [0.05, 0.1) is 0 Å². The van der Waals surface area contributed by atoms with E-state index in [2.05, 4.69) is 44.2 Å². The van der Waals surface area contributed by atoms with Crippen molar-refractivity contribution in [3.05, 3.63) is 70.8 Å². The molecule has 0 fully saturated rings. The van der Waals surface area contributed by atoms with Crippen molar-refractivity contribution in [2.24, 2.45) is 0 Å². The van der Waals surface area contributed by atoms with Gasteiger partial charge in [0.25, 0.3) is 5.91 Å². The molecule has 1 atom stereocenters. The summed E-state index contributed by atoms with van der Waals surface area (Å²) in [7, 11) is 1.91. The normalized spacial score (nSPS) is 20.9. The molecular formula is C20H23NO. The molecule has 2 heteroatoms. The molecule has 2 nitrogen and oxygen atoms in total. The van der Waals surface area contributed by atoms with Gasteiger partial charge in [0, 0.05) is 24.6 Å². The lowest BCUT2D eigenvalue weighted by Gasteiger charge is -2.40. The van der Waals surface area contributed by atoms with Crippen molar-refractivity contribution in [2.45, 2.75) is 32.1 Å². The maximum Gasteiger partial charge on any atom is 0.253 e. The van der Waals surface area contributed by atoms with Crippen LogP contribution in [0.2, 0.25) is 0 Å². The van der Waals surface area contributed by atoms with Crippen LogP contribution in [0.1, 0.15) is 40.4 Å². The first kappa shape index (κ1) is 14.8. The van der Waals surface area contributed by atoms with E-state index in [1.165, 1.54) is 16.7 Å². The number of carbonyl (C=O) groups excluding carboxylic acids is 1. The molecule has 1 aliphatic rings. The highest BCUT2D eigenvalue weighted by atomic mass is 16.2. The van der Waals surface area contributed by atoms with Crippen LogP contribution < -0.4 is 0 Å². The first-order chi connectivity index (χ1) is 10.5. The number of amides is 1. The number of hydrogen-bond donors (Lipinski definition) is 0. The first-order valence-corrected chi connectivity index (χ1v) is 7.91. The van der Waals surface area contributed by atoms with E-state index in [1.807, 2.05) is 30.1 Å². The summed E-state index contributed by atoms with van der Waals surface area (Å²) in [5.74, 6) is 0.143. The molecule has 0 saturated heterocycles. The molecule has 0 N–H and O–H groups in total. The SMILES string of the molecule is Cc1ccccc1CCC1(C)CN(C)C(=O)c2ccccc21. The summed E-state index contributed by atoms with van der Waals surface area (Å²) >= 11 is 0. The van der Waals surface area contributed by atoms with Crippen molar-refractivity contribution < 1.29 is 4.79 Å². The second-order valence-electron chi connectivity index (χ2n) is 6.69. The quantitative estimate of drug-likeness (QED) is 0.838. The molecule has 2 aromatic rings.